The van der Waals surface area contributed by atoms with Crippen LogP contribution in [0.5, 0.6) is 5.75 Å². The molecule has 2 aromatic heterocycles. The van der Waals surface area contributed by atoms with Crippen LogP contribution in [-0.2, 0) is 18.4 Å². The molecule has 3 rings (SSSR count). The zero-order chi connectivity index (χ0) is 20.3. The molecule has 3 aromatic rings. The van der Waals surface area contributed by atoms with Crippen molar-refractivity contribution in [3.05, 3.63) is 63.2 Å². The maximum Gasteiger partial charge on any atom is 0.358 e. The quantitative estimate of drug-likeness (QED) is 0.549. The number of aryl methyl sites for hydroxylation is 1. The zero-order valence-corrected chi connectivity index (χ0v) is 17.2. The Morgan fingerprint density at radius 2 is 2.11 bits per heavy atom. The number of nitrogens with zero attached hydrogens (tertiary/aromatic N) is 2. The lowest BCUT2D eigenvalue weighted by Gasteiger charge is -2.07. The van der Waals surface area contributed by atoms with Crippen molar-refractivity contribution in [3.8, 4) is 5.75 Å². The first-order valence-electron chi connectivity index (χ1n) is 7.97. The number of halogens is 2. The number of aromatic nitrogens is 2. The van der Waals surface area contributed by atoms with Gasteiger partial charge in [0.05, 0.1) is 24.0 Å². The molecule has 1 amide bonds. The average molecular weight is 469 g/mol. The molecule has 1 N–H and O–H groups in total. The van der Waals surface area contributed by atoms with E-state index >= 15 is 0 Å². The van der Waals surface area contributed by atoms with Gasteiger partial charge in [0.15, 0.2) is 11.5 Å². The summed E-state index contributed by atoms with van der Waals surface area (Å²) in [5.74, 6) is -0.171. The number of carbonyl (C=O) groups excluding carboxylic acids is 2. The van der Waals surface area contributed by atoms with Gasteiger partial charge in [-0.05, 0) is 30.3 Å². The summed E-state index contributed by atoms with van der Waals surface area (Å²) >= 11 is 9.42. The first-order valence-corrected chi connectivity index (χ1v) is 9.14. The minimum atomic E-state index is -0.616. The van der Waals surface area contributed by atoms with Crippen molar-refractivity contribution >= 4 is 45.1 Å². The van der Waals surface area contributed by atoms with Gasteiger partial charge in [-0.25, -0.2) is 4.79 Å². The zero-order valence-electron chi connectivity index (χ0n) is 14.9. The van der Waals surface area contributed by atoms with E-state index in [4.69, 9.17) is 25.5 Å². The second-order valence-electron chi connectivity index (χ2n) is 5.61. The van der Waals surface area contributed by atoms with E-state index in [0.717, 1.165) is 4.47 Å². The summed E-state index contributed by atoms with van der Waals surface area (Å²) in [7, 11) is 2.81. The monoisotopic (exact) mass is 467 g/mol. The van der Waals surface area contributed by atoms with Crippen molar-refractivity contribution in [1.82, 2.24) is 9.78 Å². The Bertz CT molecular complexity index is 1030. The summed E-state index contributed by atoms with van der Waals surface area (Å²) < 4.78 is 17.9. The Balaban J connectivity index is 1.67. The summed E-state index contributed by atoms with van der Waals surface area (Å²) in [5.41, 5.74) is 0.339. The number of benzene rings is 1. The number of carbonyl (C=O) groups is 2. The lowest BCUT2D eigenvalue weighted by molar-refractivity contribution is 0.0589. The lowest BCUT2D eigenvalue weighted by Crippen LogP contribution is -2.16. The Hall–Kier alpha value is -2.78. The molecule has 0 spiro atoms. The molecule has 0 aliphatic heterocycles. The van der Waals surface area contributed by atoms with Crippen LogP contribution in [0, 0.1) is 0 Å². The summed E-state index contributed by atoms with van der Waals surface area (Å²) in [6, 6.07) is 8.36. The highest BCUT2D eigenvalue weighted by molar-refractivity contribution is 9.10. The molecule has 10 heteroatoms. The lowest BCUT2D eigenvalue weighted by atomic mass is 10.3. The smallest absolute Gasteiger partial charge is 0.358 e. The van der Waals surface area contributed by atoms with Crippen LogP contribution < -0.4 is 10.1 Å². The normalized spacial score (nSPS) is 10.6. The highest BCUT2D eigenvalue weighted by Gasteiger charge is 2.21. The van der Waals surface area contributed by atoms with E-state index in [1.165, 1.54) is 24.1 Å². The molecule has 28 heavy (non-hydrogen) atoms. The second kappa shape index (κ2) is 8.49. The Morgan fingerprint density at radius 3 is 2.82 bits per heavy atom. The molecule has 0 aliphatic carbocycles. The predicted molar refractivity (Wildman–Crippen MR) is 105 cm³/mol. The van der Waals surface area contributed by atoms with Crippen LogP contribution in [0.4, 0.5) is 5.69 Å². The SMILES string of the molecule is COC(=O)c1c(NC(=O)c2ccc(COc3ccc(Br)cc3Cl)o2)cnn1C. The predicted octanol–water partition coefficient (Wildman–Crippen LogP) is 4.05. The van der Waals surface area contributed by atoms with Gasteiger partial charge in [-0.2, -0.15) is 5.10 Å². The van der Waals surface area contributed by atoms with Crippen molar-refractivity contribution in [1.29, 1.82) is 0 Å². The van der Waals surface area contributed by atoms with Gasteiger partial charge < -0.3 is 19.2 Å². The van der Waals surface area contributed by atoms with Gasteiger partial charge in [-0.1, -0.05) is 27.5 Å². The molecule has 0 unspecified atom stereocenters. The van der Waals surface area contributed by atoms with Gasteiger partial charge in [0, 0.05) is 11.5 Å². The van der Waals surface area contributed by atoms with E-state index in [9.17, 15) is 9.59 Å². The fraction of sp³-hybridized carbons (Fsp3) is 0.167. The number of rotatable bonds is 6. The number of esters is 1. The van der Waals surface area contributed by atoms with Crippen LogP contribution in [-0.4, -0.2) is 28.8 Å². The van der Waals surface area contributed by atoms with Crippen LogP contribution >= 0.6 is 27.5 Å². The molecule has 0 radical (unpaired) electrons. The molecular weight excluding hydrogens is 454 g/mol. The van der Waals surface area contributed by atoms with Crippen molar-refractivity contribution in [2.45, 2.75) is 6.61 Å². The molecular formula is C18H15BrClN3O5. The van der Waals surface area contributed by atoms with Crippen LogP contribution in [0.2, 0.25) is 5.02 Å². The molecule has 0 saturated carbocycles. The molecule has 2 heterocycles. The number of furan rings is 1. The van der Waals surface area contributed by atoms with Crippen molar-refractivity contribution in [2.75, 3.05) is 12.4 Å². The van der Waals surface area contributed by atoms with E-state index in [0.29, 0.717) is 16.5 Å². The third kappa shape index (κ3) is 4.37. The Kier molecular flexibility index (Phi) is 6.05. The molecule has 8 nitrogen and oxygen atoms in total. The van der Waals surface area contributed by atoms with Crippen LogP contribution in [0.25, 0.3) is 0 Å². The minimum absolute atomic E-state index is 0.0557. The molecule has 146 valence electrons. The van der Waals surface area contributed by atoms with Crippen LogP contribution in [0.3, 0.4) is 0 Å². The highest BCUT2D eigenvalue weighted by Crippen LogP contribution is 2.28. The summed E-state index contributed by atoms with van der Waals surface area (Å²) in [6.07, 6.45) is 1.35. The standard InChI is InChI=1S/C18H15BrClN3O5/c1-23-16(18(25)26-2)13(8-21-23)22-17(24)15-6-4-11(28-15)9-27-14-5-3-10(19)7-12(14)20/h3-8H,9H2,1-2H3,(H,22,24). The van der Waals surface area contributed by atoms with Crippen molar-refractivity contribution in [3.63, 3.8) is 0 Å². The number of methoxy groups -OCH3 is 1. The summed E-state index contributed by atoms with van der Waals surface area (Å²) in [6.45, 7) is 0.0922. The van der Waals surface area contributed by atoms with Crippen LogP contribution in [0.15, 0.2) is 45.4 Å². The van der Waals surface area contributed by atoms with E-state index in [2.05, 4.69) is 26.3 Å². The number of hydrogen-bond donors (Lipinski definition) is 1. The van der Waals surface area contributed by atoms with Gasteiger partial charge in [-0.3, -0.25) is 9.48 Å². The number of amides is 1. The Morgan fingerprint density at radius 1 is 1.32 bits per heavy atom. The maximum atomic E-state index is 12.4. The number of ether oxygens (including phenoxy) is 2. The second-order valence-corrected chi connectivity index (χ2v) is 6.93. The fourth-order valence-electron chi connectivity index (χ4n) is 2.37. The first kappa shape index (κ1) is 20.0. The number of hydrogen-bond acceptors (Lipinski definition) is 6. The van der Waals surface area contributed by atoms with Crippen molar-refractivity contribution < 1.29 is 23.5 Å². The first-order chi connectivity index (χ1) is 13.4. The molecule has 0 fully saturated rings. The average Bonchev–Trinajstić information content (AvgIpc) is 3.27. The minimum Gasteiger partial charge on any atom is -0.484 e. The van der Waals surface area contributed by atoms with E-state index in [1.807, 2.05) is 0 Å². The van der Waals surface area contributed by atoms with Gasteiger partial charge in [-0.15, -0.1) is 0 Å². The third-order valence-corrected chi connectivity index (χ3v) is 4.50. The van der Waals surface area contributed by atoms with Crippen molar-refractivity contribution in [2.24, 2.45) is 7.05 Å². The van der Waals surface area contributed by atoms with E-state index < -0.39 is 11.9 Å². The van der Waals surface area contributed by atoms with Gasteiger partial charge in [0.25, 0.3) is 5.91 Å². The van der Waals surface area contributed by atoms with Crippen LogP contribution in [0.1, 0.15) is 26.8 Å². The van der Waals surface area contributed by atoms with Gasteiger partial charge >= 0.3 is 5.97 Å². The van der Waals surface area contributed by atoms with Gasteiger partial charge in [0.1, 0.15) is 18.1 Å². The molecule has 0 aliphatic rings. The molecule has 0 bridgehead atoms. The number of anilines is 1. The Labute approximate surface area is 173 Å². The van der Waals surface area contributed by atoms with Gasteiger partial charge in [0.2, 0.25) is 0 Å². The largest absolute Gasteiger partial charge is 0.484 e. The molecule has 0 saturated heterocycles. The highest BCUT2D eigenvalue weighted by atomic mass is 79.9. The topological polar surface area (TPSA) is 95.6 Å². The fourth-order valence-corrected chi connectivity index (χ4v) is 3.10. The number of nitrogens with one attached hydrogen (secondary N) is 1. The summed E-state index contributed by atoms with van der Waals surface area (Å²) in [5, 5.41) is 6.98. The molecule has 0 atom stereocenters. The molecule has 1 aromatic carbocycles. The third-order valence-electron chi connectivity index (χ3n) is 3.72. The van der Waals surface area contributed by atoms with E-state index in [-0.39, 0.29) is 23.7 Å². The summed E-state index contributed by atoms with van der Waals surface area (Å²) in [4.78, 5) is 24.2. The maximum absolute atomic E-state index is 12.4. The van der Waals surface area contributed by atoms with E-state index in [1.54, 1.807) is 31.3 Å².